The minimum absolute atomic E-state index is 0.0863. The maximum atomic E-state index is 13.2. The molecule has 0 fully saturated rings. The van der Waals surface area contributed by atoms with Gasteiger partial charge < -0.3 is 10.4 Å². The Morgan fingerprint density at radius 3 is 2.48 bits per heavy atom. The molecule has 0 aromatic heterocycles. The number of benzene rings is 2. The summed E-state index contributed by atoms with van der Waals surface area (Å²) in [6.07, 6.45) is 0.403. The maximum absolute atomic E-state index is 13.2. The van der Waals surface area contributed by atoms with Crippen LogP contribution < -0.4 is 10.6 Å². The van der Waals surface area contributed by atoms with Gasteiger partial charge in [0.25, 0.3) is 0 Å². The summed E-state index contributed by atoms with van der Waals surface area (Å²) in [5, 5.41) is 17.6. The lowest BCUT2D eigenvalue weighted by Gasteiger charge is -2.39. The van der Waals surface area contributed by atoms with Crippen molar-refractivity contribution in [1.29, 1.82) is 0 Å². The maximum Gasteiger partial charge on any atom is 0.249 e. The first-order chi connectivity index (χ1) is 12.7. The Morgan fingerprint density at radius 1 is 1.15 bits per heavy atom. The Labute approximate surface area is 169 Å². The average Bonchev–Trinajstić information content (AvgIpc) is 2.82. The van der Waals surface area contributed by atoms with Gasteiger partial charge in [0.1, 0.15) is 5.54 Å². The highest BCUT2D eigenvalue weighted by atomic mass is 35.5. The van der Waals surface area contributed by atoms with E-state index in [4.69, 9.17) is 23.2 Å². The van der Waals surface area contributed by atoms with Gasteiger partial charge in [0, 0.05) is 33.8 Å². The number of carbonyl (C=O) groups is 1. The van der Waals surface area contributed by atoms with E-state index in [1.54, 1.807) is 18.2 Å². The van der Waals surface area contributed by atoms with E-state index >= 15 is 0 Å². The number of nitrogens with one attached hydrogen (secondary N) is 2. The molecule has 1 aliphatic heterocycles. The summed E-state index contributed by atoms with van der Waals surface area (Å²) in [7, 11) is 0. The van der Waals surface area contributed by atoms with Crippen LogP contribution in [-0.4, -0.2) is 23.7 Å². The summed E-state index contributed by atoms with van der Waals surface area (Å²) in [5.41, 5.74) is 1.17. The SMILES string of the molecule is CC(C)(C)C(CO)NC1(Cc2cccc(Cl)c2)C(=O)Nc2cc(Cl)ccc21. The quantitative estimate of drug-likeness (QED) is 0.690. The molecule has 2 aromatic carbocycles. The molecule has 0 saturated heterocycles. The van der Waals surface area contributed by atoms with Crippen LogP contribution in [-0.2, 0) is 16.8 Å². The lowest BCUT2D eigenvalue weighted by Crippen LogP contribution is -2.58. The molecule has 0 bridgehead atoms. The normalized spacial score (nSPS) is 20.3. The number of hydrogen-bond donors (Lipinski definition) is 3. The van der Waals surface area contributed by atoms with E-state index in [9.17, 15) is 9.90 Å². The molecule has 2 aromatic rings. The summed E-state index contributed by atoms with van der Waals surface area (Å²) in [6.45, 7) is 6.01. The topological polar surface area (TPSA) is 61.4 Å². The Hall–Kier alpha value is -1.59. The van der Waals surface area contributed by atoms with Crippen molar-refractivity contribution in [3.05, 3.63) is 63.6 Å². The number of rotatable bonds is 5. The van der Waals surface area contributed by atoms with Crippen LogP contribution in [0, 0.1) is 5.41 Å². The van der Waals surface area contributed by atoms with Gasteiger partial charge >= 0.3 is 0 Å². The third kappa shape index (κ3) is 3.99. The van der Waals surface area contributed by atoms with Gasteiger partial charge in [-0.15, -0.1) is 0 Å². The smallest absolute Gasteiger partial charge is 0.249 e. The molecular formula is C21H24Cl2N2O2. The summed E-state index contributed by atoms with van der Waals surface area (Å²) in [5.74, 6) is -0.164. The molecule has 1 heterocycles. The number of aliphatic hydroxyl groups is 1. The second-order valence-electron chi connectivity index (χ2n) is 8.10. The number of hydrogen-bond acceptors (Lipinski definition) is 3. The first-order valence-corrected chi connectivity index (χ1v) is 9.66. The van der Waals surface area contributed by atoms with Gasteiger partial charge in [0.05, 0.1) is 6.61 Å². The van der Waals surface area contributed by atoms with Crippen LogP contribution in [0.1, 0.15) is 31.9 Å². The monoisotopic (exact) mass is 406 g/mol. The second-order valence-corrected chi connectivity index (χ2v) is 8.97. The molecule has 0 aliphatic carbocycles. The minimum atomic E-state index is -1.02. The molecule has 1 amide bonds. The number of anilines is 1. The standard InChI is InChI=1S/C21H24Cl2N2O2/c1-20(2,3)18(12-26)25-21(11-13-5-4-6-14(22)9-13)16-8-7-15(23)10-17(16)24-19(21)27/h4-10,18,25-26H,11-12H2,1-3H3,(H,24,27). The molecule has 0 spiro atoms. The first-order valence-electron chi connectivity index (χ1n) is 8.90. The Bertz CT molecular complexity index is 864. The molecule has 2 atom stereocenters. The average molecular weight is 407 g/mol. The highest BCUT2D eigenvalue weighted by Gasteiger charge is 2.49. The predicted molar refractivity (Wildman–Crippen MR) is 110 cm³/mol. The highest BCUT2D eigenvalue weighted by Crippen LogP contribution is 2.41. The van der Waals surface area contributed by atoms with E-state index in [2.05, 4.69) is 10.6 Å². The molecule has 6 heteroatoms. The number of halogens is 2. The van der Waals surface area contributed by atoms with E-state index in [0.29, 0.717) is 22.2 Å². The van der Waals surface area contributed by atoms with Crippen LogP contribution >= 0.6 is 23.2 Å². The first kappa shape index (κ1) is 20.2. The molecule has 144 valence electrons. The van der Waals surface area contributed by atoms with Crippen molar-refractivity contribution < 1.29 is 9.90 Å². The third-order valence-corrected chi connectivity index (χ3v) is 5.55. The molecule has 3 N–H and O–H groups in total. The number of aliphatic hydroxyl groups excluding tert-OH is 1. The summed E-state index contributed by atoms with van der Waals surface area (Å²) >= 11 is 12.3. The van der Waals surface area contributed by atoms with Gasteiger partial charge in [0.15, 0.2) is 0 Å². The van der Waals surface area contributed by atoms with Crippen molar-refractivity contribution in [2.75, 3.05) is 11.9 Å². The molecular weight excluding hydrogens is 383 g/mol. The van der Waals surface area contributed by atoms with Crippen molar-refractivity contribution in [3.63, 3.8) is 0 Å². The van der Waals surface area contributed by atoms with Crippen molar-refractivity contribution >= 4 is 34.8 Å². The number of carbonyl (C=O) groups excluding carboxylic acids is 1. The van der Waals surface area contributed by atoms with Crippen molar-refractivity contribution in [2.24, 2.45) is 5.41 Å². The van der Waals surface area contributed by atoms with Crippen molar-refractivity contribution in [2.45, 2.75) is 38.8 Å². The zero-order chi connectivity index (χ0) is 19.8. The minimum Gasteiger partial charge on any atom is -0.395 e. The highest BCUT2D eigenvalue weighted by molar-refractivity contribution is 6.31. The molecule has 2 unspecified atom stereocenters. The Morgan fingerprint density at radius 2 is 1.85 bits per heavy atom. The number of amides is 1. The lowest BCUT2D eigenvalue weighted by atomic mass is 9.80. The van der Waals surface area contributed by atoms with E-state index in [1.807, 2.05) is 45.0 Å². The second kappa shape index (κ2) is 7.44. The van der Waals surface area contributed by atoms with Crippen LogP contribution in [0.3, 0.4) is 0 Å². The van der Waals surface area contributed by atoms with Crippen LogP contribution in [0.25, 0.3) is 0 Å². The van der Waals surface area contributed by atoms with Crippen LogP contribution in [0.5, 0.6) is 0 Å². The summed E-state index contributed by atoms with van der Waals surface area (Å²) in [4.78, 5) is 13.2. The molecule has 4 nitrogen and oxygen atoms in total. The van der Waals surface area contributed by atoms with Crippen LogP contribution in [0.15, 0.2) is 42.5 Å². The fraction of sp³-hybridized carbons (Fsp3) is 0.381. The fourth-order valence-electron chi connectivity index (χ4n) is 3.50. The molecule has 0 saturated carbocycles. The Balaban J connectivity index is 2.11. The zero-order valence-electron chi connectivity index (χ0n) is 15.6. The molecule has 27 heavy (non-hydrogen) atoms. The van der Waals surface area contributed by atoms with Gasteiger partial charge in [-0.05, 0) is 35.2 Å². The van der Waals surface area contributed by atoms with Crippen LogP contribution in [0.2, 0.25) is 10.0 Å². The van der Waals surface area contributed by atoms with Gasteiger partial charge in [0.2, 0.25) is 5.91 Å². The third-order valence-electron chi connectivity index (χ3n) is 5.08. The molecule has 3 rings (SSSR count). The predicted octanol–water partition coefficient (Wildman–Crippen LogP) is 4.38. The summed E-state index contributed by atoms with van der Waals surface area (Å²) < 4.78 is 0. The fourth-order valence-corrected chi connectivity index (χ4v) is 3.88. The van der Waals surface area contributed by atoms with E-state index in [-0.39, 0.29) is 24.0 Å². The lowest BCUT2D eigenvalue weighted by molar-refractivity contribution is -0.122. The Kier molecular flexibility index (Phi) is 5.55. The van der Waals surface area contributed by atoms with Gasteiger partial charge in [-0.3, -0.25) is 10.1 Å². The van der Waals surface area contributed by atoms with E-state index in [0.717, 1.165) is 11.1 Å². The van der Waals surface area contributed by atoms with Crippen LogP contribution in [0.4, 0.5) is 5.69 Å². The molecule has 0 radical (unpaired) electrons. The van der Waals surface area contributed by atoms with Crippen molar-refractivity contribution in [1.82, 2.24) is 5.32 Å². The summed E-state index contributed by atoms with van der Waals surface area (Å²) in [6, 6.07) is 12.6. The van der Waals surface area contributed by atoms with Gasteiger partial charge in [-0.1, -0.05) is 62.2 Å². The number of fused-ring (bicyclic) bond motifs is 1. The largest absolute Gasteiger partial charge is 0.395 e. The van der Waals surface area contributed by atoms with E-state index < -0.39 is 5.54 Å². The van der Waals surface area contributed by atoms with Gasteiger partial charge in [-0.2, -0.15) is 0 Å². The van der Waals surface area contributed by atoms with Crippen molar-refractivity contribution in [3.8, 4) is 0 Å². The van der Waals surface area contributed by atoms with Gasteiger partial charge in [-0.25, -0.2) is 0 Å². The molecule has 1 aliphatic rings. The zero-order valence-corrected chi connectivity index (χ0v) is 17.2. The van der Waals surface area contributed by atoms with E-state index in [1.165, 1.54) is 0 Å².